The van der Waals surface area contributed by atoms with Crippen LogP contribution in [0, 0.1) is 0 Å². The molecule has 0 radical (unpaired) electrons. The van der Waals surface area contributed by atoms with Crippen molar-refractivity contribution in [2.24, 2.45) is 4.99 Å². The maximum absolute atomic E-state index is 12.9. The van der Waals surface area contributed by atoms with Crippen LogP contribution in [0.15, 0.2) is 52.8 Å². The van der Waals surface area contributed by atoms with E-state index in [0.717, 1.165) is 34.7 Å². The number of hydrogen-bond acceptors (Lipinski definition) is 7. The number of nitrogens with zero attached hydrogens (tertiary/aromatic N) is 3. The van der Waals surface area contributed by atoms with Crippen LogP contribution in [0.1, 0.15) is 57.7 Å². The zero-order chi connectivity index (χ0) is 25.8. The average Bonchev–Trinajstić information content (AvgIpc) is 3.60. The normalized spacial score (nSPS) is 16.9. The summed E-state index contributed by atoms with van der Waals surface area (Å²) in [6, 6.07) is 13.6. The fourth-order valence-electron chi connectivity index (χ4n) is 4.87. The second-order valence-corrected chi connectivity index (χ2v) is 10.1. The van der Waals surface area contributed by atoms with Gasteiger partial charge in [0.05, 0.1) is 24.9 Å². The maximum atomic E-state index is 12.9. The standard InChI is InChI=1S/C28H30N4O4S/c1-35-24-8-7-18(13-25(24)36-2)15-30-27(34)23-17-37-28(31-23)19-9-11-32(12-10-19)26(33)14-20-16-29-22-6-4-3-5-21(20)22/h3-8,13,16-17,19-20H,9-12,14-15H2,1-2H3,(H,30,34). The molecule has 8 nitrogen and oxygen atoms in total. The van der Waals surface area contributed by atoms with Crippen LogP contribution in [0.2, 0.25) is 0 Å². The number of methoxy groups -OCH3 is 2. The fraction of sp³-hybridized carbons (Fsp3) is 0.357. The van der Waals surface area contributed by atoms with E-state index in [-0.39, 0.29) is 23.7 Å². The summed E-state index contributed by atoms with van der Waals surface area (Å²) in [5.41, 5.74) is 3.43. The van der Waals surface area contributed by atoms with Crippen LogP contribution in [0.25, 0.3) is 0 Å². The van der Waals surface area contributed by atoms with E-state index in [1.807, 2.05) is 52.9 Å². The first-order valence-electron chi connectivity index (χ1n) is 12.4. The van der Waals surface area contributed by atoms with Gasteiger partial charge in [-0.3, -0.25) is 14.6 Å². The number of carbonyl (C=O) groups is 2. The molecule has 2 amide bonds. The van der Waals surface area contributed by atoms with E-state index in [2.05, 4.69) is 21.4 Å². The SMILES string of the molecule is COc1ccc(CNC(=O)c2csc(C3CCN(C(=O)CC4C=Nc5ccccc54)CC3)n2)cc1OC. The summed E-state index contributed by atoms with van der Waals surface area (Å²) in [5.74, 6) is 1.54. The molecule has 9 heteroatoms. The number of thiazole rings is 1. The molecule has 0 bridgehead atoms. The Morgan fingerprint density at radius 1 is 1.08 bits per heavy atom. The second-order valence-electron chi connectivity index (χ2n) is 9.25. The molecule has 0 aliphatic carbocycles. The van der Waals surface area contributed by atoms with Crippen molar-refractivity contribution in [3.63, 3.8) is 0 Å². The molecule has 1 N–H and O–H groups in total. The maximum Gasteiger partial charge on any atom is 0.271 e. The molecular weight excluding hydrogens is 488 g/mol. The van der Waals surface area contributed by atoms with Crippen molar-refractivity contribution in [2.75, 3.05) is 27.3 Å². The van der Waals surface area contributed by atoms with E-state index in [0.29, 0.717) is 43.2 Å². The van der Waals surface area contributed by atoms with Crippen molar-refractivity contribution in [2.45, 2.75) is 37.6 Å². The molecule has 3 aromatic rings. The number of nitrogens with one attached hydrogen (secondary N) is 1. The Labute approximate surface area is 220 Å². The Balaban J connectivity index is 1.11. The predicted molar refractivity (Wildman–Crippen MR) is 143 cm³/mol. The fourth-order valence-corrected chi connectivity index (χ4v) is 5.84. The first-order valence-corrected chi connectivity index (χ1v) is 13.3. The lowest BCUT2D eigenvalue weighted by atomic mass is 9.94. The molecule has 1 aromatic heterocycles. The molecule has 5 rings (SSSR count). The largest absolute Gasteiger partial charge is 0.493 e. The Morgan fingerprint density at radius 3 is 2.65 bits per heavy atom. The van der Waals surface area contributed by atoms with E-state index in [4.69, 9.17) is 9.47 Å². The summed E-state index contributed by atoms with van der Waals surface area (Å²) in [6.07, 6.45) is 4.04. The molecule has 2 aromatic carbocycles. The first kappa shape index (κ1) is 25.0. The Kier molecular flexibility index (Phi) is 7.50. The summed E-state index contributed by atoms with van der Waals surface area (Å²) < 4.78 is 10.6. The van der Waals surface area contributed by atoms with Crippen molar-refractivity contribution in [1.82, 2.24) is 15.2 Å². The molecule has 2 aliphatic rings. The van der Waals surface area contributed by atoms with Gasteiger partial charge < -0.3 is 19.7 Å². The van der Waals surface area contributed by atoms with E-state index >= 15 is 0 Å². The number of amides is 2. The second kappa shape index (κ2) is 11.1. The number of likely N-dealkylation sites (tertiary alicyclic amines) is 1. The number of rotatable bonds is 8. The number of benzene rings is 2. The number of hydrogen-bond donors (Lipinski definition) is 1. The molecule has 192 valence electrons. The van der Waals surface area contributed by atoms with Gasteiger partial charge in [-0.2, -0.15) is 0 Å². The van der Waals surface area contributed by atoms with Crippen LogP contribution in [-0.2, 0) is 11.3 Å². The van der Waals surface area contributed by atoms with Crippen molar-refractivity contribution < 1.29 is 19.1 Å². The molecule has 1 fully saturated rings. The lowest BCUT2D eigenvalue weighted by Gasteiger charge is -2.31. The van der Waals surface area contributed by atoms with Crippen LogP contribution < -0.4 is 14.8 Å². The first-order chi connectivity index (χ1) is 18.1. The average molecular weight is 519 g/mol. The third-order valence-corrected chi connectivity index (χ3v) is 7.98. The Bertz CT molecular complexity index is 1310. The van der Waals surface area contributed by atoms with Gasteiger partial charge in [0.2, 0.25) is 5.91 Å². The van der Waals surface area contributed by atoms with Crippen LogP contribution in [0.3, 0.4) is 0 Å². The van der Waals surface area contributed by atoms with E-state index in [1.165, 1.54) is 11.3 Å². The number of aromatic nitrogens is 1. The van der Waals surface area contributed by atoms with Crippen LogP contribution in [-0.4, -0.2) is 55.2 Å². The molecule has 1 atom stereocenters. The Morgan fingerprint density at radius 2 is 1.86 bits per heavy atom. The van der Waals surface area contributed by atoms with Crippen LogP contribution >= 0.6 is 11.3 Å². The van der Waals surface area contributed by atoms with Gasteiger partial charge in [0.25, 0.3) is 5.91 Å². The molecule has 37 heavy (non-hydrogen) atoms. The lowest BCUT2D eigenvalue weighted by molar-refractivity contribution is -0.132. The van der Waals surface area contributed by atoms with Crippen molar-refractivity contribution in [3.8, 4) is 11.5 Å². The van der Waals surface area contributed by atoms with Crippen molar-refractivity contribution >= 4 is 35.1 Å². The number of ether oxygens (including phenoxy) is 2. The molecule has 2 aliphatic heterocycles. The van der Waals surface area contributed by atoms with Crippen molar-refractivity contribution in [3.05, 3.63) is 69.7 Å². The highest BCUT2D eigenvalue weighted by atomic mass is 32.1. The molecular formula is C28H30N4O4S. The topological polar surface area (TPSA) is 93.1 Å². The molecule has 1 saturated heterocycles. The highest BCUT2D eigenvalue weighted by Gasteiger charge is 2.29. The zero-order valence-electron chi connectivity index (χ0n) is 21.0. The number of para-hydroxylation sites is 1. The number of carbonyl (C=O) groups excluding carboxylic acids is 2. The Hall–Kier alpha value is -3.72. The highest BCUT2D eigenvalue weighted by Crippen LogP contribution is 2.35. The quantitative estimate of drug-likeness (QED) is 0.467. The minimum atomic E-state index is -0.205. The number of aliphatic imine (C=N–C) groups is 1. The third kappa shape index (κ3) is 5.51. The van der Waals surface area contributed by atoms with Gasteiger partial charge in [-0.1, -0.05) is 24.3 Å². The van der Waals surface area contributed by atoms with Gasteiger partial charge in [-0.15, -0.1) is 11.3 Å². The highest BCUT2D eigenvalue weighted by molar-refractivity contribution is 7.09. The monoisotopic (exact) mass is 518 g/mol. The van der Waals surface area contributed by atoms with Gasteiger partial charge in [0, 0.05) is 49.5 Å². The van der Waals surface area contributed by atoms with Gasteiger partial charge in [0.1, 0.15) is 5.69 Å². The molecule has 0 spiro atoms. The zero-order valence-corrected chi connectivity index (χ0v) is 21.8. The summed E-state index contributed by atoms with van der Waals surface area (Å²) in [6.45, 7) is 1.77. The summed E-state index contributed by atoms with van der Waals surface area (Å²) in [5, 5.41) is 5.70. The summed E-state index contributed by atoms with van der Waals surface area (Å²) >= 11 is 1.52. The number of fused-ring (bicyclic) bond motifs is 1. The van der Waals surface area contributed by atoms with Crippen molar-refractivity contribution in [1.29, 1.82) is 0 Å². The van der Waals surface area contributed by atoms with Gasteiger partial charge >= 0.3 is 0 Å². The van der Waals surface area contributed by atoms with Crippen LogP contribution in [0.4, 0.5) is 5.69 Å². The molecule has 3 heterocycles. The van der Waals surface area contributed by atoms with Crippen LogP contribution in [0.5, 0.6) is 11.5 Å². The van der Waals surface area contributed by atoms with Gasteiger partial charge in [-0.25, -0.2) is 4.98 Å². The summed E-state index contributed by atoms with van der Waals surface area (Å²) in [4.78, 5) is 36.7. The summed E-state index contributed by atoms with van der Waals surface area (Å²) in [7, 11) is 3.17. The van der Waals surface area contributed by atoms with E-state index in [9.17, 15) is 9.59 Å². The lowest BCUT2D eigenvalue weighted by Crippen LogP contribution is -2.38. The smallest absolute Gasteiger partial charge is 0.271 e. The minimum Gasteiger partial charge on any atom is -0.493 e. The van der Waals surface area contributed by atoms with E-state index in [1.54, 1.807) is 14.2 Å². The number of piperidine rings is 1. The van der Waals surface area contributed by atoms with Gasteiger partial charge in [0.15, 0.2) is 11.5 Å². The predicted octanol–water partition coefficient (Wildman–Crippen LogP) is 4.69. The molecule has 1 unspecified atom stereocenters. The third-order valence-electron chi connectivity index (χ3n) is 6.98. The van der Waals surface area contributed by atoms with E-state index < -0.39 is 0 Å². The minimum absolute atomic E-state index is 0.0560. The van der Waals surface area contributed by atoms with Gasteiger partial charge in [-0.05, 0) is 42.2 Å². The molecule has 0 saturated carbocycles.